The van der Waals surface area contributed by atoms with Crippen molar-refractivity contribution < 1.29 is 46.1 Å². The van der Waals surface area contributed by atoms with Crippen molar-refractivity contribution in [1.82, 2.24) is 0 Å². The van der Waals surface area contributed by atoms with E-state index in [4.69, 9.17) is 14.2 Å². The summed E-state index contributed by atoms with van der Waals surface area (Å²) < 4.78 is 86.9. The van der Waals surface area contributed by atoms with Crippen LogP contribution in [-0.4, -0.2) is 69.2 Å². The summed E-state index contributed by atoms with van der Waals surface area (Å²) in [6, 6.07) is 15.4. The SMILES string of the molecule is CCCC(C1CC(C(F)(F)C(F)(F)F)C(O)C1C)C(C(C)CCOCC(C)(C)COCC)C(C)c1ccc(-c2ccc(C(=O)COC)cc2)cc1. The second-order valence-corrected chi connectivity index (χ2v) is 15.5. The zero-order valence-electron chi connectivity index (χ0n) is 31.6. The lowest BCUT2D eigenvalue weighted by atomic mass is 9.64. The average molecular weight is 727 g/mol. The molecule has 51 heavy (non-hydrogen) atoms. The first-order chi connectivity index (χ1) is 23.9. The molecule has 1 saturated carbocycles. The number of ketones is 1. The molecule has 1 N–H and O–H groups in total. The van der Waals surface area contributed by atoms with E-state index < -0.39 is 36.0 Å². The number of methoxy groups -OCH3 is 1. The van der Waals surface area contributed by atoms with Gasteiger partial charge < -0.3 is 19.3 Å². The minimum absolute atomic E-state index is 0.00653. The van der Waals surface area contributed by atoms with Gasteiger partial charge in [0.2, 0.25) is 0 Å². The van der Waals surface area contributed by atoms with Crippen LogP contribution in [-0.2, 0) is 14.2 Å². The number of carbonyl (C=O) groups is 1. The standard InChI is InChI=1S/C41H59F5O5/c1-9-11-33(34-22-35(38(48)28(34)5)40(42,43)41(44,45)46)37(26(3)20-21-51-25-39(6,7)24-50-10-2)27(4)29-12-14-30(15-13-29)31-16-18-32(19-17-31)36(47)23-49-8/h12-19,26-28,33-35,37-38,48H,9-11,20-25H2,1-8H3. The van der Waals surface area contributed by atoms with Gasteiger partial charge in [-0.2, -0.15) is 22.0 Å². The molecule has 8 atom stereocenters. The number of carbonyl (C=O) groups excluding carboxylic acids is 1. The highest BCUT2D eigenvalue weighted by Crippen LogP contribution is 2.56. The zero-order valence-corrected chi connectivity index (χ0v) is 31.6. The Balaban J connectivity index is 1.93. The van der Waals surface area contributed by atoms with Crippen LogP contribution in [0.25, 0.3) is 11.1 Å². The Bertz CT molecular complexity index is 1340. The molecular formula is C41H59F5O5. The summed E-state index contributed by atoms with van der Waals surface area (Å²) in [5.41, 5.74) is 3.32. The van der Waals surface area contributed by atoms with Gasteiger partial charge in [0, 0.05) is 31.3 Å². The van der Waals surface area contributed by atoms with Gasteiger partial charge in [-0.15, -0.1) is 0 Å². The van der Waals surface area contributed by atoms with Crippen LogP contribution in [0.4, 0.5) is 22.0 Å². The highest BCUT2D eigenvalue weighted by Gasteiger charge is 2.67. The molecule has 5 nitrogen and oxygen atoms in total. The summed E-state index contributed by atoms with van der Waals surface area (Å²) >= 11 is 0. The molecule has 0 heterocycles. The molecule has 8 unspecified atom stereocenters. The monoisotopic (exact) mass is 726 g/mol. The Morgan fingerprint density at radius 1 is 0.902 bits per heavy atom. The molecule has 0 amide bonds. The molecule has 1 aliphatic carbocycles. The molecule has 1 aliphatic rings. The van der Waals surface area contributed by atoms with Crippen LogP contribution in [0.2, 0.25) is 0 Å². The fourth-order valence-electron chi connectivity index (χ4n) is 8.21. The van der Waals surface area contributed by atoms with Gasteiger partial charge in [-0.25, -0.2) is 0 Å². The van der Waals surface area contributed by atoms with Gasteiger partial charge in [0.1, 0.15) is 6.61 Å². The summed E-state index contributed by atoms with van der Waals surface area (Å²) in [6.07, 6.45) is -5.84. The molecule has 0 radical (unpaired) electrons. The summed E-state index contributed by atoms with van der Waals surface area (Å²) in [4.78, 5) is 12.2. The van der Waals surface area contributed by atoms with Crippen LogP contribution in [0.1, 0.15) is 96.0 Å². The summed E-state index contributed by atoms with van der Waals surface area (Å²) in [6.45, 7) is 16.1. The minimum Gasteiger partial charge on any atom is -0.392 e. The second-order valence-electron chi connectivity index (χ2n) is 15.5. The molecule has 0 aliphatic heterocycles. The fourth-order valence-corrected chi connectivity index (χ4v) is 8.21. The van der Waals surface area contributed by atoms with Crippen LogP contribution in [0.3, 0.4) is 0 Å². The van der Waals surface area contributed by atoms with E-state index in [1.165, 1.54) is 7.11 Å². The molecule has 2 aromatic rings. The third kappa shape index (κ3) is 10.8. The van der Waals surface area contributed by atoms with Crippen molar-refractivity contribution in [3.8, 4) is 11.1 Å². The van der Waals surface area contributed by atoms with Crippen molar-refractivity contribution in [3.05, 3.63) is 59.7 Å². The first-order valence-electron chi connectivity index (χ1n) is 18.4. The Labute approximate surface area is 301 Å². The number of hydrogen-bond acceptors (Lipinski definition) is 5. The zero-order chi connectivity index (χ0) is 38.1. The van der Waals surface area contributed by atoms with Crippen LogP contribution < -0.4 is 0 Å². The van der Waals surface area contributed by atoms with Gasteiger partial charge in [0.15, 0.2) is 5.78 Å². The van der Waals surface area contributed by atoms with E-state index in [2.05, 4.69) is 27.7 Å². The van der Waals surface area contributed by atoms with Crippen molar-refractivity contribution in [2.45, 2.75) is 98.3 Å². The average Bonchev–Trinajstić information content (AvgIpc) is 3.39. The molecular weight excluding hydrogens is 667 g/mol. The Kier molecular flexibility index (Phi) is 15.7. The lowest BCUT2D eigenvalue weighted by Gasteiger charge is -2.41. The molecule has 0 bridgehead atoms. The van der Waals surface area contributed by atoms with Crippen LogP contribution in [0, 0.1) is 40.9 Å². The summed E-state index contributed by atoms with van der Waals surface area (Å²) in [7, 11) is 1.48. The number of rotatable bonds is 20. The smallest absolute Gasteiger partial charge is 0.392 e. The molecule has 10 heteroatoms. The van der Waals surface area contributed by atoms with Gasteiger partial charge >= 0.3 is 12.1 Å². The normalized spacial score (nSPS) is 22.5. The second kappa shape index (κ2) is 18.6. The first kappa shape index (κ1) is 43.0. The lowest BCUT2D eigenvalue weighted by Crippen LogP contribution is -2.47. The van der Waals surface area contributed by atoms with Gasteiger partial charge in [-0.3, -0.25) is 4.79 Å². The lowest BCUT2D eigenvalue weighted by molar-refractivity contribution is -0.310. The van der Waals surface area contributed by atoms with Crippen molar-refractivity contribution in [1.29, 1.82) is 0 Å². The molecule has 2 aromatic carbocycles. The van der Waals surface area contributed by atoms with Crippen molar-refractivity contribution in [2.75, 3.05) is 40.1 Å². The molecule has 0 aromatic heterocycles. The van der Waals surface area contributed by atoms with E-state index in [1.54, 1.807) is 19.1 Å². The van der Waals surface area contributed by atoms with Crippen molar-refractivity contribution in [3.63, 3.8) is 0 Å². The fraction of sp³-hybridized carbons (Fsp3) is 0.683. The Morgan fingerprint density at radius 2 is 1.47 bits per heavy atom. The highest BCUT2D eigenvalue weighted by molar-refractivity contribution is 5.97. The number of benzene rings is 2. The van der Waals surface area contributed by atoms with E-state index in [0.29, 0.717) is 44.8 Å². The summed E-state index contributed by atoms with van der Waals surface area (Å²) in [5, 5.41) is 10.9. The van der Waals surface area contributed by atoms with Gasteiger partial charge in [-0.05, 0) is 72.0 Å². The Morgan fingerprint density at radius 3 is 2.00 bits per heavy atom. The maximum absolute atomic E-state index is 14.8. The predicted molar refractivity (Wildman–Crippen MR) is 191 cm³/mol. The minimum atomic E-state index is -5.73. The first-order valence-corrected chi connectivity index (χ1v) is 18.4. The van der Waals surface area contributed by atoms with Crippen LogP contribution >= 0.6 is 0 Å². The van der Waals surface area contributed by atoms with Crippen LogP contribution in [0.15, 0.2) is 48.5 Å². The number of ether oxygens (including phenoxy) is 3. The molecule has 0 saturated heterocycles. The van der Waals surface area contributed by atoms with Gasteiger partial charge in [-0.1, -0.05) is 103 Å². The van der Waals surface area contributed by atoms with Crippen molar-refractivity contribution >= 4 is 5.78 Å². The van der Waals surface area contributed by atoms with E-state index in [9.17, 15) is 31.9 Å². The molecule has 3 rings (SSSR count). The van der Waals surface area contributed by atoms with Crippen LogP contribution in [0.5, 0.6) is 0 Å². The van der Waals surface area contributed by atoms with E-state index in [-0.39, 0.29) is 47.9 Å². The highest BCUT2D eigenvalue weighted by atomic mass is 19.4. The number of halogens is 5. The third-order valence-electron chi connectivity index (χ3n) is 11.1. The molecule has 1 fully saturated rings. The number of aliphatic hydroxyl groups excluding tert-OH is 1. The summed E-state index contributed by atoms with van der Waals surface area (Å²) in [5.74, 6) is -8.83. The number of aliphatic hydroxyl groups is 1. The largest absolute Gasteiger partial charge is 0.453 e. The number of Topliss-reactive ketones (excluding diaryl/α,β-unsaturated/α-hetero) is 1. The molecule has 288 valence electrons. The molecule has 0 spiro atoms. The van der Waals surface area contributed by atoms with Gasteiger partial charge in [0.05, 0.1) is 25.2 Å². The van der Waals surface area contributed by atoms with Gasteiger partial charge in [0.25, 0.3) is 0 Å². The topological polar surface area (TPSA) is 65.0 Å². The Hall–Kier alpha value is -2.40. The third-order valence-corrected chi connectivity index (χ3v) is 11.1. The van der Waals surface area contributed by atoms with E-state index >= 15 is 0 Å². The van der Waals surface area contributed by atoms with Crippen molar-refractivity contribution in [2.24, 2.45) is 40.9 Å². The quantitative estimate of drug-likeness (QED) is 0.0836. The van der Waals surface area contributed by atoms with E-state index in [1.807, 2.05) is 50.2 Å². The predicted octanol–water partition coefficient (Wildman–Crippen LogP) is 10.3. The maximum Gasteiger partial charge on any atom is 0.453 e. The number of alkyl halides is 5. The number of hydrogen-bond donors (Lipinski definition) is 1. The maximum atomic E-state index is 14.8. The van der Waals surface area contributed by atoms with E-state index in [0.717, 1.165) is 23.1 Å².